The van der Waals surface area contributed by atoms with Gasteiger partial charge in [0.05, 0.1) is 10.5 Å². The monoisotopic (exact) mass is 352 g/mol. The van der Waals surface area contributed by atoms with Crippen LogP contribution in [0.3, 0.4) is 0 Å². The molecule has 0 aliphatic carbocycles. The van der Waals surface area contributed by atoms with Crippen LogP contribution in [0.2, 0.25) is 0 Å². The van der Waals surface area contributed by atoms with E-state index in [2.05, 4.69) is 10.6 Å². The van der Waals surface area contributed by atoms with Gasteiger partial charge in [-0.2, -0.15) is 0 Å². The van der Waals surface area contributed by atoms with E-state index >= 15 is 0 Å². The molecule has 0 spiro atoms. The summed E-state index contributed by atoms with van der Waals surface area (Å²) in [5, 5.41) is 16.8. The van der Waals surface area contributed by atoms with E-state index in [0.29, 0.717) is 39.3 Å². The molecule has 0 atom stereocenters. The SMILES string of the molecule is C/C(Nc1ccc(C)c([N+](=O)[O-])c1)=C1/C(=O)Nc2cc(C(N)=O)ccc21. The van der Waals surface area contributed by atoms with Crippen LogP contribution in [0.15, 0.2) is 42.1 Å². The molecule has 0 aromatic heterocycles. The molecule has 26 heavy (non-hydrogen) atoms. The fraction of sp³-hybridized carbons (Fsp3) is 0.111. The number of anilines is 2. The number of allylic oxidation sites excluding steroid dienone is 1. The minimum absolute atomic E-state index is 0.00447. The smallest absolute Gasteiger partial charge is 0.274 e. The van der Waals surface area contributed by atoms with Crippen molar-refractivity contribution in [1.29, 1.82) is 0 Å². The van der Waals surface area contributed by atoms with Gasteiger partial charge in [-0.1, -0.05) is 12.1 Å². The Balaban J connectivity index is 1.99. The van der Waals surface area contributed by atoms with Crippen LogP contribution < -0.4 is 16.4 Å². The summed E-state index contributed by atoms with van der Waals surface area (Å²) in [5.41, 5.74) is 8.67. The first-order valence-electron chi connectivity index (χ1n) is 7.76. The average molecular weight is 352 g/mol. The van der Waals surface area contributed by atoms with Crippen LogP contribution in [-0.4, -0.2) is 16.7 Å². The highest BCUT2D eigenvalue weighted by atomic mass is 16.6. The number of nitrogens with one attached hydrogen (secondary N) is 2. The van der Waals surface area contributed by atoms with E-state index in [1.54, 1.807) is 38.1 Å². The minimum atomic E-state index is -0.582. The first-order valence-corrected chi connectivity index (χ1v) is 7.76. The summed E-state index contributed by atoms with van der Waals surface area (Å²) in [6.07, 6.45) is 0. The van der Waals surface area contributed by atoms with Crippen molar-refractivity contribution >= 4 is 34.4 Å². The molecule has 1 aliphatic rings. The van der Waals surface area contributed by atoms with E-state index < -0.39 is 10.8 Å². The summed E-state index contributed by atoms with van der Waals surface area (Å²) in [6, 6.07) is 9.48. The predicted molar refractivity (Wildman–Crippen MR) is 97.6 cm³/mol. The summed E-state index contributed by atoms with van der Waals surface area (Å²) in [6.45, 7) is 3.36. The highest BCUT2D eigenvalue weighted by Crippen LogP contribution is 2.35. The van der Waals surface area contributed by atoms with Crippen molar-refractivity contribution in [3.63, 3.8) is 0 Å². The number of amides is 2. The second-order valence-corrected chi connectivity index (χ2v) is 5.96. The van der Waals surface area contributed by atoms with E-state index in [4.69, 9.17) is 5.73 Å². The summed E-state index contributed by atoms with van der Waals surface area (Å²) in [4.78, 5) is 34.3. The third kappa shape index (κ3) is 3.00. The quantitative estimate of drug-likeness (QED) is 0.443. The number of rotatable bonds is 4. The number of primary amides is 1. The Kier molecular flexibility index (Phi) is 4.17. The zero-order chi connectivity index (χ0) is 19.0. The number of hydrogen-bond donors (Lipinski definition) is 3. The van der Waals surface area contributed by atoms with Crippen LogP contribution in [0.25, 0.3) is 5.57 Å². The Morgan fingerprint density at radius 2 is 1.96 bits per heavy atom. The number of hydrogen-bond acceptors (Lipinski definition) is 5. The highest BCUT2D eigenvalue weighted by Gasteiger charge is 2.27. The normalized spacial score (nSPS) is 14.5. The Morgan fingerprint density at radius 1 is 1.23 bits per heavy atom. The third-order valence-electron chi connectivity index (χ3n) is 4.16. The molecule has 8 nitrogen and oxygen atoms in total. The maximum absolute atomic E-state index is 12.3. The average Bonchev–Trinajstić information content (AvgIpc) is 2.91. The molecule has 0 unspecified atom stereocenters. The zero-order valence-corrected chi connectivity index (χ0v) is 14.1. The Morgan fingerprint density at radius 3 is 2.62 bits per heavy atom. The lowest BCUT2D eigenvalue weighted by molar-refractivity contribution is -0.385. The second kappa shape index (κ2) is 6.32. The first kappa shape index (κ1) is 17.2. The van der Waals surface area contributed by atoms with Crippen LogP contribution in [0.1, 0.15) is 28.4 Å². The van der Waals surface area contributed by atoms with E-state index in [1.807, 2.05) is 0 Å². The Labute approximate surface area is 148 Å². The molecule has 2 aromatic rings. The highest BCUT2D eigenvalue weighted by molar-refractivity contribution is 6.32. The molecule has 0 saturated carbocycles. The number of carbonyl (C=O) groups excluding carboxylic acids is 2. The topological polar surface area (TPSA) is 127 Å². The largest absolute Gasteiger partial charge is 0.366 e. The molecule has 8 heteroatoms. The molecule has 0 saturated heterocycles. The van der Waals surface area contributed by atoms with Gasteiger partial charge in [0, 0.05) is 39.8 Å². The molecule has 0 radical (unpaired) electrons. The lowest BCUT2D eigenvalue weighted by atomic mass is 10.0. The van der Waals surface area contributed by atoms with Crippen LogP contribution in [0.4, 0.5) is 17.1 Å². The van der Waals surface area contributed by atoms with Gasteiger partial charge in [-0.05, 0) is 32.0 Å². The Bertz CT molecular complexity index is 995. The number of nitrogens with two attached hydrogens (primary N) is 1. The summed E-state index contributed by atoms with van der Waals surface area (Å²) < 4.78 is 0. The van der Waals surface area contributed by atoms with Gasteiger partial charge in [-0.3, -0.25) is 19.7 Å². The van der Waals surface area contributed by atoms with E-state index in [1.165, 1.54) is 12.1 Å². The Hall–Kier alpha value is -3.68. The molecular weight excluding hydrogens is 336 g/mol. The third-order valence-corrected chi connectivity index (χ3v) is 4.16. The van der Waals surface area contributed by atoms with Gasteiger partial charge < -0.3 is 16.4 Å². The van der Waals surface area contributed by atoms with Gasteiger partial charge in [-0.15, -0.1) is 0 Å². The number of nitrogens with zero attached hydrogens (tertiary/aromatic N) is 1. The van der Waals surface area contributed by atoms with Crippen molar-refractivity contribution in [3.8, 4) is 0 Å². The van der Waals surface area contributed by atoms with Gasteiger partial charge in [0.2, 0.25) is 5.91 Å². The summed E-state index contributed by atoms with van der Waals surface area (Å²) in [5.74, 6) is -0.908. The van der Waals surface area contributed by atoms with Crippen LogP contribution >= 0.6 is 0 Å². The molecule has 0 fully saturated rings. The molecule has 0 bridgehead atoms. The lowest BCUT2D eigenvalue weighted by Gasteiger charge is -2.10. The fourth-order valence-corrected chi connectivity index (χ4v) is 2.86. The number of benzene rings is 2. The van der Waals surface area contributed by atoms with Gasteiger partial charge in [0.25, 0.3) is 11.6 Å². The molecule has 2 amide bonds. The molecule has 4 N–H and O–H groups in total. The van der Waals surface area contributed by atoms with Crippen molar-refractivity contribution in [2.24, 2.45) is 5.73 Å². The van der Waals surface area contributed by atoms with Crippen LogP contribution in [0.5, 0.6) is 0 Å². The molecular formula is C18H16N4O4. The van der Waals surface area contributed by atoms with Crippen molar-refractivity contribution in [1.82, 2.24) is 0 Å². The van der Waals surface area contributed by atoms with Crippen molar-refractivity contribution in [2.45, 2.75) is 13.8 Å². The van der Waals surface area contributed by atoms with Crippen molar-refractivity contribution < 1.29 is 14.5 Å². The maximum atomic E-state index is 12.3. The standard InChI is InChI=1S/C18H16N4O4/c1-9-3-5-12(8-15(9)22(25)26)20-10(2)16-13-6-4-11(17(19)23)7-14(13)21-18(16)24/h3-8,20H,1-2H3,(H2,19,23)(H,21,24)/b16-10-. The molecule has 1 aliphatic heterocycles. The second-order valence-electron chi connectivity index (χ2n) is 5.96. The number of nitro groups is 1. The summed E-state index contributed by atoms with van der Waals surface area (Å²) in [7, 11) is 0. The first-order chi connectivity index (χ1) is 12.3. The molecule has 1 heterocycles. The van der Waals surface area contributed by atoms with E-state index in [9.17, 15) is 19.7 Å². The van der Waals surface area contributed by atoms with Gasteiger partial charge >= 0.3 is 0 Å². The predicted octanol–water partition coefficient (Wildman–Crippen LogP) is 2.80. The summed E-state index contributed by atoms with van der Waals surface area (Å²) >= 11 is 0. The minimum Gasteiger partial charge on any atom is -0.366 e. The van der Waals surface area contributed by atoms with E-state index in [0.717, 1.165) is 0 Å². The molecule has 2 aromatic carbocycles. The fourth-order valence-electron chi connectivity index (χ4n) is 2.86. The van der Waals surface area contributed by atoms with E-state index in [-0.39, 0.29) is 11.6 Å². The van der Waals surface area contributed by atoms with Gasteiger partial charge in [-0.25, -0.2) is 0 Å². The number of aryl methyl sites for hydroxylation is 1. The lowest BCUT2D eigenvalue weighted by Crippen LogP contribution is -2.11. The molecule has 3 rings (SSSR count). The zero-order valence-electron chi connectivity index (χ0n) is 14.1. The number of nitro benzene ring substituents is 1. The van der Waals surface area contributed by atoms with Crippen LogP contribution in [0, 0.1) is 17.0 Å². The van der Waals surface area contributed by atoms with Crippen molar-refractivity contribution in [2.75, 3.05) is 10.6 Å². The number of fused-ring (bicyclic) bond motifs is 1. The molecule has 132 valence electrons. The van der Waals surface area contributed by atoms with Crippen molar-refractivity contribution in [3.05, 3.63) is 68.9 Å². The maximum Gasteiger partial charge on any atom is 0.274 e. The van der Waals surface area contributed by atoms with Gasteiger partial charge in [0.15, 0.2) is 0 Å². The van der Waals surface area contributed by atoms with Gasteiger partial charge in [0.1, 0.15) is 0 Å². The van der Waals surface area contributed by atoms with Crippen LogP contribution in [-0.2, 0) is 4.79 Å². The number of carbonyl (C=O) groups is 2.